The molecule has 0 fully saturated rings. The van der Waals surface area contributed by atoms with E-state index in [2.05, 4.69) is 4.99 Å². The average Bonchev–Trinajstić information content (AvgIpc) is 2.39. The van der Waals surface area contributed by atoms with E-state index in [-0.39, 0.29) is 0 Å². The molecule has 0 aliphatic carbocycles. The Kier molecular flexibility index (Phi) is 2.38. The maximum atomic E-state index is 10.5. The van der Waals surface area contributed by atoms with Crippen LogP contribution in [0.5, 0.6) is 0 Å². The molecule has 1 heterocycles. The van der Waals surface area contributed by atoms with E-state index in [4.69, 9.17) is 11.5 Å². The second-order valence-corrected chi connectivity index (χ2v) is 2.46. The Morgan fingerprint density at radius 1 is 1.82 bits per heavy atom. The molecule has 1 aliphatic rings. The fraction of sp³-hybridized carbons (Fsp3) is 0.429. The van der Waals surface area contributed by atoms with E-state index in [9.17, 15) is 4.79 Å². The van der Waals surface area contributed by atoms with Crippen molar-refractivity contribution in [1.82, 2.24) is 0 Å². The van der Waals surface area contributed by atoms with E-state index in [1.54, 1.807) is 6.21 Å². The van der Waals surface area contributed by atoms with Gasteiger partial charge in [-0.1, -0.05) is 6.08 Å². The molecule has 0 aromatic carbocycles. The van der Waals surface area contributed by atoms with Crippen molar-refractivity contribution in [1.29, 1.82) is 0 Å². The standard InChI is InChI=1S/C7H11N3O/c8-6(7(9)11)4-5-2-1-3-10-5/h2-3,6H,1,4,8H2,(H2,9,11). The summed E-state index contributed by atoms with van der Waals surface area (Å²) in [5.41, 5.74) is 11.2. The number of amides is 1. The first-order valence-corrected chi connectivity index (χ1v) is 3.46. The molecule has 0 radical (unpaired) electrons. The van der Waals surface area contributed by atoms with Crippen LogP contribution in [0.1, 0.15) is 12.8 Å². The predicted octanol–water partition coefficient (Wildman–Crippen LogP) is -0.453. The van der Waals surface area contributed by atoms with Gasteiger partial charge < -0.3 is 11.5 Å². The van der Waals surface area contributed by atoms with Crippen LogP contribution in [0.3, 0.4) is 0 Å². The molecular weight excluding hydrogens is 142 g/mol. The number of aliphatic imine (C=N–C) groups is 1. The molecule has 0 saturated carbocycles. The highest BCUT2D eigenvalue weighted by molar-refractivity contribution is 5.80. The topological polar surface area (TPSA) is 81.5 Å². The van der Waals surface area contributed by atoms with E-state index in [1.807, 2.05) is 6.08 Å². The summed E-state index contributed by atoms with van der Waals surface area (Å²) in [7, 11) is 0. The number of hydrogen-bond acceptors (Lipinski definition) is 3. The van der Waals surface area contributed by atoms with Crippen molar-refractivity contribution < 1.29 is 4.79 Å². The monoisotopic (exact) mass is 153 g/mol. The molecule has 4 nitrogen and oxygen atoms in total. The smallest absolute Gasteiger partial charge is 0.234 e. The van der Waals surface area contributed by atoms with Crippen molar-refractivity contribution >= 4 is 12.1 Å². The second kappa shape index (κ2) is 3.30. The van der Waals surface area contributed by atoms with Crippen LogP contribution in [0.4, 0.5) is 0 Å². The molecule has 0 bridgehead atoms. The van der Waals surface area contributed by atoms with Crippen LogP contribution in [-0.4, -0.2) is 18.2 Å². The zero-order valence-electron chi connectivity index (χ0n) is 6.16. The van der Waals surface area contributed by atoms with Crippen molar-refractivity contribution in [3.63, 3.8) is 0 Å². The van der Waals surface area contributed by atoms with Crippen molar-refractivity contribution in [2.24, 2.45) is 16.5 Å². The Morgan fingerprint density at radius 3 is 3.00 bits per heavy atom. The minimum Gasteiger partial charge on any atom is -0.368 e. The van der Waals surface area contributed by atoms with Gasteiger partial charge in [0, 0.05) is 24.8 Å². The van der Waals surface area contributed by atoms with E-state index < -0.39 is 11.9 Å². The van der Waals surface area contributed by atoms with E-state index in [0.717, 1.165) is 12.1 Å². The molecule has 0 aromatic rings. The van der Waals surface area contributed by atoms with Crippen molar-refractivity contribution in [2.45, 2.75) is 18.9 Å². The maximum Gasteiger partial charge on any atom is 0.234 e. The van der Waals surface area contributed by atoms with Gasteiger partial charge in [0.1, 0.15) is 0 Å². The molecule has 11 heavy (non-hydrogen) atoms. The Labute approximate surface area is 65.0 Å². The summed E-state index contributed by atoms with van der Waals surface area (Å²) >= 11 is 0. The zero-order valence-corrected chi connectivity index (χ0v) is 6.16. The van der Waals surface area contributed by atoms with Gasteiger partial charge in [0.05, 0.1) is 6.04 Å². The highest BCUT2D eigenvalue weighted by Gasteiger charge is 2.11. The highest BCUT2D eigenvalue weighted by Crippen LogP contribution is 2.10. The highest BCUT2D eigenvalue weighted by atomic mass is 16.1. The number of nitrogens with zero attached hydrogens (tertiary/aromatic N) is 1. The third-order valence-corrected chi connectivity index (χ3v) is 1.51. The second-order valence-electron chi connectivity index (χ2n) is 2.46. The lowest BCUT2D eigenvalue weighted by Gasteiger charge is -2.04. The Bertz CT molecular complexity index is 220. The lowest BCUT2D eigenvalue weighted by Crippen LogP contribution is -2.36. The minimum atomic E-state index is -0.600. The number of carbonyl (C=O) groups excluding carboxylic acids is 1. The van der Waals surface area contributed by atoms with Crippen LogP contribution in [-0.2, 0) is 4.79 Å². The van der Waals surface area contributed by atoms with Crippen LogP contribution in [0, 0.1) is 0 Å². The molecule has 60 valence electrons. The van der Waals surface area contributed by atoms with Gasteiger partial charge in [-0.2, -0.15) is 0 Å². The summed E-state index contributed by atoms with van der Waals surface area (Å²) in [4.78, 5) is 14.5. The molecule has 0 saturated heterocycles. The van der Waals surface area contributed by atoms with Crippen molar-refractivity contribution in [3.05, 3.63) is 11.8 Å². The first-order chi connectivity index (χ1) is 5.20. The molecule has 4 N–H and O–H groups in total. The molecule has 4 heteroatoms. The predicted molar refractivity (Wildman–Crippen MR) is 43.0 cm³/mol. The Balaban J connectivity index is 2.42. The summed E-state index contributed by atoms with van der Waals surface area (Å²) in [6.07, 6.45) is 5.00. The first-order valence-electron chi connectivity index (χ1n) is 3.46. The molecule has 1 atom stereocenters. The molecule has 0 spiro atoms. The SMILES string of the molecule is NC(=O)C(N)CC1=CCC=N1. The van der Waals surface area contributed by atoms with Crippen LogP contribution in [0.15, 0.2) is 16.8 Å². The van der Waals surface area contributed by atoms with E-state index in [1.165, 1.54) is 0 Å². The molecular formula is C7H11N3O. The van der Waals surface area contributed by atoms with Gasteiger partial charge >= 0.3 is 0 Å². The van der Waals surface area contributed by atoms with Gasteiger partial charge in [0.2, 0.25) is 5.91 Å². The largest absolute Gasteiger partial charge is 0.368 e. The summed E-state index contributed by atoms with van der Waals surface area (Å²) < 4.78 is 0. The van der Waals surface area contributed by atoms with Crippen LogP contribution in [0.25, 0.3) is 0 Å². The maximum absolute atomic E-state index is 10.5. The minimum absolute atomic E-state index is 0.450. The first kappa shape index (κ1) is 7.94. The number of nitrogens with two attached hydrogens (primary N) is 2. The van der Waals surface area contributed by atoms with Crippen LogP contribution in [0.2, 0.25) is 0 Å². The zero-order chi connectivity index (χ0) is 8.27. The number of carbonyl (C=O) groups is 1. The fourth-order valence-electron chi connectivity index (χ4n) is 0.873. The van der Waals surface area contributed by atoms with Crippen molar-refractivity contribution in [3.8, 4) is 0 Å². The number of rotatable bonds is 3. The average molecular weight is 153 g/mol. The molecule has 1 amide bonds. The lowest BCUT2D eigenvalue weighted by atomic mass is 10.1. The number of primary amides is 1. The quantitative estimate of drug-likeness (QED) is 0.575. The van der Waals surface area contributed by atoms with Crippen molar-refractivity contribution in [2.75, 3.05) is 0 Å². The molecule has 0 aromatic heterocycles. The Morgan fingerprint density at radius 2 is 2.55 bits per heavy atom. The van der Waals surface area contributed by atoms with E-state index >= 15 is 0 Å². The van der Waals surface area contributed by atoms with Gasteiger partial charge in [0.25, 0.3) is 0 Å². The lowest BCUT2D eigenvalue weighted by molar-refractivity contribution is -0.119. The van der Waals surface area contributed by atoms with Crippen LogP contribution < -0.4 is 11.5 Å². The summed E-state index contributed by atoms with van der Waals surface area (Å²) in [6.45, 7) is 0. The summed E-state index contributed by atoms with van der Waals surface area (Å²) in [6, 6.07) is -0.600. The third kappa shape index (κ3) is 2.16. The number of allylic oxidation sites excluding steroid dienone is 1. The fourth-order valence-corrected chi connectivity index (χ4v) is 0.873. The van der Waals surface area contributed by atoms with Gasteiger partial charge in [-0.3, -0.25) is 9.79 Å². The third-order valence-electron chi connectivity index (χ3n) is 1.51. The number of hydrogen-bond donors (Lipinski definition) is 2. The van der Waals surface area contributed by atoms with Gasteiger partial charge in [-0.15, -0.1) is 0 Å². The van der Waals surface area contributed by atoms with E-state index in [0.29, 0.717) is 6.42 Å². The molecule has 1 unspecified atom stereocenters. The van der Waals surface area contributed by atoms with Crippen LogP contribution >= 0.6 is 0 Å². The molecule has 1 aliphatic heterocycles. The Hall–Kier alpha value is -1.16. The van der Waals surface area contributed by atoms with Gasteiger partial charge in [-0.05, 0) is 0 Å². The normalized spacial score (nSPS) is 18.1. The summed E-state index contributed by atoms with van der Waals surface area (Å²) in [5.74, 6) is -0.479. The van der Waals surface area contributed by atoms with Gasteiger partial charge in [0.15, 0.2) is 0 Å². The summed E-state index contributed by atoms with van der Waals surface area (Å²) in [5, 5.41) is 0. The van der Waals surface area contributed by atoms with Gasteiger partial charge in [-0.25, -0.2) is 0 Å². The molecule has 1 rings (SSSR count).